The molecule has 0 saturated carbocycles. The van der Waals surface area contributed by atoms with E-state index in [0.717, 1.165) is 12.5 Å². The van der Waals surface area contributed by atoms with E-state index in [1.807, 2.05) is 22.6 Å². The van der Waals surface area contributed by atoms with Crippen LogP contribution in [-0.4, -0.2) is 1.12 Å². The third-order valence-electron chi connectivity index (χ3n) is 0. The van der Waals surface area contributed by atoms with Crippen molar-refractivity contribution in [3.8, 4) is 0 Å². The van der Waals surface area contributed by atoms with Gasteiger partial charge in [-0.3, -0.25) is 0 Å². The molecule has 20 valence electrons. The molecule has 0 rings (SSSR count). The molecule has 4 heavy (non-hydrogen) atoms. The first-order valence-electron chi connectivity index (χ1n) is 0.862. The van der Waals surface area contributed by atoms with E-state index in [9.17, 15) is 0 Å². The van der Waals surface area contributed by atoms with E-state index in [4.69, 9.17) is 1.12 Å². The molecule has 0 aliphatic rings. The SMILES string of the molecule is [3H]S[CH-]I.[K+]. The first-order valence-corrected chi connectivity index (χ1v) is 2.17. The molecule has 3 heteroatoms. The number of hydrogen-bond donors (Lipinski definition) is 1. The zero-order valence-electron chi connectivity index (χ0n) is 3.36. The third-order valence-corrected chi connectivity index (χ3v) is 0. The van der Waals surface area contributed by atoms with E-state index in [-0.39, 0.29) is 51.4 Å². The van der Waals surface area contributed by atoms with E-state index < -0.39 is 0 Å². The Morgan fingerprint density at radius 1 is 2.25 bits per heavy atom. The largest absolute Gasteiger partial charge is 1.00 e. The van der Waals surface area contributed by atoms with Crippen LogP contribution in [0.3, 0.4) is 0 Å². The second-order valence-corrected chi connectivity index (χ2v) is 1.79. The van der Waals surface area contributed by atoms with Gasteiger partial charge in [-0.15, -0.1) is 0 Å². The van der Waals surface area contributed by atoms with Gasteiger partial charge < -0.3 is 35.1 Å². The smallest absolute Gasteiger partial charge is 0.359 e. The van der Waals surface area contributed by atoms with Crippen molar-refractivity contribution in [3.05, 3.63) is 3.76 Å². The Morgan fingerprint density at radius 2 is 2.50 bits per heavy atom. The van der Waals surface area contributed by atoms with Gasteiger partial charge in [0.05, 0.1) is 1.12 Å². The monoisotopic (exact) mass is 214 g/mol. The molecule has 0 spiro atoms. The number of thiol groups is 1. The van der Waals surface area contributed by atoms with Crippen LogP contribution < -0.4 is 51.4 Å². The van der Waals surface area contributed by atoms with Gasteiger partial charge in [0.1, 0.15) is 0 Å². The van der Waals surface area contributed by atoms with Crippen molar-refractivity contribution in [1.82, 2.24) is 0 Å². The molecule has 0 bridgehead atoms. The fourth-order valence-electron chi connectivity index (χ4n) is 0. The molecule has 0 aliphatic heterocycles. The Morgan fingerprint density at radius 3 is 2.50 bits per heavy atom. The van der Waals surface area contributed by atoms with Gasteiger partial charge in [-0.25, -0.2) is 3.76 Å². The van der Waals surface area contributed by atoms with Crippen LogP contribution in [0.25, 0.3) is 0 Å². The average Bonchev–Trinajstić information content (AvgIpc) is 1.37. The average molecular weight is 214 g/mol. The van der Waals surface area contributed by atoms with Gasteiger partial charge in [0, 0.05) is 0 Å². The van der Waals surface area contributed by atoms with E-state index in [2.05, 4.69) is 0 Å². The molecule has 0 atom stereocenters. The minimum Gasteiger partial charge on any atom is -0.359 e. The van der Waals surface area contributed by atoms with Crippen LogP contribution in [0.5, 0.6) is 0 Å². The molecule has 0 aromatic carbocycles. The Bertz CT molecular complexity index is 13.6. The summed E-state index contributed by atoms with van der Waals surface area (Å²) in [5.41, 5.74) is 0. The molecule has 0 nitrogen and oxygen atoms in total. The minimum atomic E-state index is 0. The van der Waals surface area contributed by atoms with Crippen molar-refractivity contribution in [3.63, 3.8) is 0 Å². The topological polar surface area (TPSA) is 0 Å². The van der Waals surface area contributed by atoms with Crippen molar-refractivity contribution < 1.29 is 51.4 Å². The third kappa shape index (κ3) is 8.83. The van der Waals surface area contributed by atoms with E-state index in [0.29, 0.717) is 0 Å². The van der Waals surface area contributed by atoms with Crippen LogP contribution in [0.1, 0.15) is 0 Å². The van der Waals surface area contributed by atoms with Gasteiger partial charge in [0.2, 0.25) is 0 Å². The van der Waals surface area contributed by atoms with Crippen molar-refractivity contribution in [2.75, 3.05) is 0 Å². The van der Waals surface area contributed by atoms with Gasteiger partial charge in [-0.1, -0.05) is 0 Å². The molecule has 0 aromatic rings. The fraction of sp³-hybridized carbons (Fsp3) is 0. The maximum Gasteiger partial charge on any atom is 1.00 e. The fourth-order valence-corrected chi connectivity index (χ4v) is 0. The summed E-state index contributed by atoms with van der Waals surface area (Å²) in [5, 5.41) is 0. The summed E-state index contributed by atoms with van der Waals surface area (Å²) < 4.78 is 7.98. The van der Waals surface area contributed by atoms with E-state index in [1.54, 1.807) is 3.76 Å². The quantitative estimate of drug-likeness (QED) is 0.233. The van der Waals surface area contributed by atoms with Crippen molar-refractivity contribution >= 4 is 35.1 Å². The summed E-state index contributed by atoms with van der Waals surface area (Å²) >= 11 is 2.97. The summed E-state index contributed by atoms with van der Waals surface area (Å²) in [7, 11) is 0. The second-order valence-electron chi connectivity index (χ2n) is 0.0891. The number of hydrogen-bond acceptors (Lipinski definition) is 1. The van der Waals surface area contributed by atoms with Gasteiger partial charge in [-0.2, -0.15) is 0 Å². The molecule has 0 heterocycles. The predicted molar refractivity (Wildman–Crippen MR) is 27.3 cm³/mol. The summed E-state index contributed by atoms with van der Waals surface area (Å²) in [6.45, 7) is 0. The van der Waals surface area contributed by atoms with Gasteiger partial charge in [0.25, 0.3) is 0 Å². The maximum atomic E-state index is 6.30. The van der Waals surface area contributed by atoms with Gasteiger partial charge in [0.15, 0.2) is 0 Å². The maximum absolute atomic E-state index is 6.30. The molecule has 0 fully saturated rings. The first kappa shape index (κ1) is 6.72. The van der Waals surface area contributed by atoms with E-state index in [1.165, 1.54) is 0 Å². The molecule has 0 unspecified atom stereocenters. The van der Waals surface area contributed by atoms with Crippen LogP contribution in [0, 0.1) is 3.76 Å². The zero-order chi connectivity index (χ0) is 3.41. The van der Waals surface area contributed by atoms with Crippen molar-refractivity contribution in [2.24, 2.45) is 0 Å². The first-order chi connectivity index (χ1) is 1.91. The number of halogens is 1. The van der Waals surface area contributed by atoms with Crippen molar-refractivity contribution in [1.29, 1.82) is 1.12 Å². The summed E-state index contributed by atoms with van der Waals surface area (Å²) in [6.07, 6.45) is 0. The summed E-state index contributed by atoms with van der Waals surface area (Å²) in [5.74, 6) is 0. The molecular weight excluding hydrogens is 210 g/mol. The predicted octanol–water partition coefficient (Wildman–Crippen LogP) is -1.53. The van der Waals surface area contributed by atoms with Crippen molar-refractivity contribution in [2.45, 2.75) is 0 Å². The normalized spacial score (nSPS) is 7.75. The van der Waals surface area contributed by atoms with Crippen LogP contribution in [0.2, 0.25) is 0 Å². The van der Waals surface area contributed by atoms with E-state index >= 15 is 0 Å². The van der Waals surface area contributed by atoms with Gasteiger partial charge >= 0.3 is 51.4 Å². The zero-order valence-corrected chi connectivity index (χ0v) is 8.46. The molecule has 0 N–H and O–H groups in total. The van der Waals surface area contributed by atoms with Crippen LogP contribution in [0.15, 0.2) is 0 Å². The Kier molecular flexibility index (Phi) is 15.5. The molecule has 0 saturated heterocycles. The minimum absolute atomic E-state index is 0. The molecule has 0 aliphatic carbocycles. The summed E-state index contributed by atoms with van der Waals surface area (Å²) in [6, 6.07) is 0. The van der Waals surface area contributed by atoms with Crippen LogP contribution in [0.4, 0.5) is 0 Å². The molecular formula is CH2IKS. The molecule has 0 radical (unpaired) electrons. The Labute approximate surface area is 89.2 Å². The molecule has 0 aromatic heterocycles. The second kappa shape index (κ2) is 9.21. The Hall–Kier alpha value is 2.72. The van der Waals surface area contributed by atoms with Gasteiger partial charge in [-0.05, 0) is 0 Å². The van der Waals surface area contributed by atoms with Crippen LogP contribution in [-0.2, 0) is 0 Å². The summed E-state index contributed by atoms with van der Waals surface area (Å²) in [4.78, 5) is 0. The van der Waals surface area contributed by atoms with Crippen LogP contribution >= 0.6 is 35.1 Å². The molecule has 0 amide bonds. The Balaban J connectivity index is 0. The number of rotatable bonds is 1. The standard InChI is InChI=1S/CH2IS.K/c2-1-3;/h1,3H;/q-1;+1/i3T;.